The number of nitrogens with one attached hydrogen (secondary N) is 2. The van der Waals surface area contributed by atoms with Gasteiger partial charge in [-0.15, -0.1) is 0 Å². The maximum absolute atomic E-state index is 12.7. The smallest absolute Gasteiger partial charge is 0.260 e. The monoisotopic (exact) mass is 335 g/mol. The summed E-state index contributed by atoms with van der Waals surface area (Å²) >= 11 is 1.99. The maximum atomic E-state index is 12.7. The van der Waals surface area contributed by atoms with Gasteiger partial charge in [-0.2, -0.15) is 11.8 Å². The molecule has 0 bridgehead atoms. The summed E-state index contributed by atoms with van der Waals surface area (Å²) < 4.78 is 5.69. The number of thioether (sulfide) groups is 1. The van der Waals surface area contributed by atoms with E-state index in [0.29, 0.717) is 5.25 Å². The van der Waals surface area contributed by atoms with Crippen molar-refractivity contribution in [2.45, 2.75) is 31.1 Å². The Bertz CT molecular complexity index is 511. The van der Waals surface area contributed by atoms with Gasteiger partial charge in [-0.25, -0.2) is 0 Å². The molecule has 2 aliphatic rings. The summed E-state index contributed by atoms with van der Waals surface area (Å²) in [5, 5.41) is 0.568. The zero-order valence-corrected chi connectivity index (χ0v) is 14.4. The molecular formula is C17H25N3O2S. The number of carbonyl (C=O) groups is 1. The molecule has 2 heterocycles. The van der Waals surface area contributed by atoms with Crippen molar-refractivity contribution in [1.82, 2.24) is 15.8 Å². The third-order valence-electron chi connectivity index (χ3n) is 4.37. The van der Waals surface area contributed by atoms with Crippen LogP contribution in [-0.4, -0.2) is 54.1 Å². The van der Waals surface area contributed by atoms with Crippen LogP contribution in [0.2, 0.25) is 0 Å². The van der Waals surface area contributed by atoms with Gasteiger partial charge in [0.25, 0.3) is 5.91 Å². The molecule has 0 spiro atoms. The Labute approximate surface area is 142 Å². The second-order valence-electron chi connectivity index (χ2n) is 6.20. The van der Waals surface area contributed by atoms with Crippen molar-refractivity contribution in [3.05, 3.63) is 29.8 Å². The molecule has 2 aliphatic heterocycles. The van der Waals surface area contributed by atoms with Gasteiger partial charge in [0.1, 0.15) is 5.75 Å². The predicted octanol–water partition coefficient (Wildman–Crippen LogP) is 1.57. The number of benzene rings is 1. The first-order chi connectivity index (χ1) is 11.2. The molecule has 3 rings (SSSR count). The van der Waals surface area contributed by atoms with E-state index in [4.69, 9.17) is 4.74 Å². The van der Waals surface area contributed by atoms with E-state index in [0.717, 1.165) is 25.4 Å². The molecule has 1 amide bonds. The summed E-state index contributed by atoms with van der Waals surface area (Å²) in [5.74, 6) is 2.05. The van der Waals surface area contributed by atoms with Gasteiger partial charge < -0.3 is 9.64 Å². The highest BCUT2D eigenvalue weighted by molar-refractivity contribution is 8.00. The summed E-state index contributed by atoms with van der Waals surface area (Å²) in [6.07, 6.45) is 2.47. The van der Waals surface area contributed by atoms with Gasteiger partial charge in [-0.05, 0) is 37.7 Å². The molecule has 5 nitrogen and oxygen atoms in total. The highest BCUT2D eigenvalue weighted by Gasteiger charge is 2.30. The van der Waals surface area contributed by atoms with Crippen molar-refractivity contribution in [2.24, 2.45) is 0 Å². The van der Waals surface area contributed by atoms with Crippen molar-refractivity contribution in [3.8, 4) is 5.75 Å². The van der Waals surface area contributed by atoms with E-state index < -0.39 is 0 Å². The number of amides is 1. The summed E-state index contributed by atoms with van der Waals surface area (Å²) in [5.41, 5.74) is 7.43. The number of hydrazine groups is 1. The molecule has 1 atom stereocenters. The number of hydrogen-bond acceptors (Lipinski definition) is 5. The third-order valence-corrected chi connectivity index (χ3v) is 5.75. The molecule has 2 saturated heterocycles. The molecule has 0 aromatic heterocycles. The second kappa shape index (κ2) is 8.04. The predicted molar refractivity (Wildman–Crippen MR) is 93.7 cm³/mol. The van der Waals surface area contributed by atoms with Crippen LogP contribution in [0.25, 0.3) is 0 Å². The van der Waals surface area contributed by atoms with Crippen LogP contribution in [0.15, 0.2) is 24.3 Å². The van der Waals surface area contributed by atoms with Gasteiger partial charge >= 0.3 is 0 Å². The molecule has 1 aromatic carbocycles. The third kappa shape index (κ3) is 4.62. The molecule has 1 unspecified atom stereocenters. The molecule has 2 fully saturated rings. The lowest BCUT2D eigenvalue weighted by molar-refractivity contribution is -0.135. The molecule has 23 heavy (non-hydrogen) atoms. The quantitative estimate of drug-likeness (QED) is 0.827. The zero-order valence-electron chi connectivity index (χ0n) is 13.6. The molecule has 126 valence electrons. The Morgan fingerprint density at radius 1 is 1.30 bits per heavy atom. The van der Waals surface area contributed by atoms with E-state index in [1.165, 1.54) is 24.2 Å². The first-order valence-corrected chi connectivity index (χ1v) is 9.33. The van der Waals surface area contributed by atoms with Crippen LogP contribution in [-0.2, 0) is 4.79 Å². The van der Waals surface area contributed by atoms with Crippen LogP contribution >= 0.6 is 11.8 Å². The normalized spacial score (nSPS) is 21.5. The van der Waals surface area contributed by atoms with E-state index in [2.05, 4.69) is 10.9 Å². The van der Waals surface area contributed by atoms with Crippen LogP contribution in [0.4, 0.5) is 0 Å². The molecule has 0 aliphatic carbocycles. The van der Waals surface area contributed by atoms with Crippen molar-refractivity contribution < 1.29 is 9.53 Å². The number of rotatable bonds is 6. The van der Waals surface area contributed by atoms with Crippen LogP contribution in [0.3, 0.4) is 0 Å². The van der Waals surface area contributed by atoms with Crippen molar-refractivity contribution in [3.63, 3.8) is 0 Å². The lowest BCUT2D eigenvalue weighted by atomic mass is 10.2. The van der Waals surface area contributed by atoms with Crippen molar-refractivity contribution in [2.75, 3.05) is 32.0 Å². The highest BCUT2D eigenvalue weighted by atomic mass is 32.2. The van der Waals surface area contributed by atoms with Gasteiger partial charge in [0.2, 0.25) is 0 Å². The fourth-order valence-electron chi connectivity index (χ4n) is 3.00. The van der Waals surface area contributed by atoms with Crippen LogP contribution in [0.5, 0.6) is 5.75 Å². The number of hydrogen-bond donors (Lipinski definition) is 2. The minimum absolute atomic E-state index is 0.0774. The summed E-state index contributed by atoms with van der Waals surface area (Å²) in [6, 6.07) is 8.04. The number of carbonyl (C=O) groups excluding carboxylic acids is 1. The van der Waals surface area contributed by atoms with E-state index >= 15 is 0 Å². The van der Waals surface area contributed by atoms with Gasteiger partial charge in [0.15, 0.2) is 6.61 Å². The van der Waals surface area contributed by atoms with Crippen LogP contribution in [0.1, 0.15) is 18.4 Å². The van der Waals surface area contributed by atoms with Gasteiger partial charge in [0.05, 0.1) is 6.04 Å². The Balaban J connectivity index is 1.58. The molecule has 0 saturated carbocycles. The van der Waals surface area contributed by atoms with Gasteiger partial charge in [-0.1, -0.05) is 17.7 Å². The Morgan fingerprint density at radius 3 is 2.70 bits per heavy atom. The van der Waals surface area contributed by atoms with Crippen molar-refractivity contribution in [1.29, 1.82) is 0 Å². The number of ether oxygens (including phenoxy) is 1. The summed E-state index contributed by atoms with van der Waals surface area (Å²) in [6.45, 7) is 4.57. The number of aryl methyl sites for hydroxylation is 1. The molecular weight excluding hydrogens is 310 g/mol. The second-order valence-corrected chi connectivity index (χ2v) is 7.61. The fraction of sp³-hybridized carbons (Fsp3) is 0.588. The first-order valence-electron chi connectivity index (χ1n) is 8.28. The standard InChI is InChI=1S/C17H25N3O2S/c1-13-4-6-15(7-5-13)22-12-17(21)20(14-9-18-19-10-14)11-16-3-2-8-23-16/h4-7,14,16,18-19H,2-3,8-12H2,1H3. The van der Waals surface area contributed by atoms with E-state index in [1.54, 1.807) is 0 Å². The van der Waals surface area contributed by atoms with E-state index in [1.807, 2.05) is 47.9 Å². The minimum atomic E-state index is 0.0774. The zero-order chi connectivity index (χ0) is 16.1. The van der Waals surface area contributed by atoms with E-state index in [-0.39, 0.29) is 18.6 Å². The molecule has 0 radical (unpaired) electrons. The summed E-state index contributed by atoms with van der Waals surface area (Å²) in [4.78, 5) is 14.7. The van der Waals surface area contributed by atoms with Gasteiger partial charge in [-0.3, -0.25) is 15.6 Å². The lowest BCUT2D eigenvalue weighted by Gasteiger charge is -2.30. The van der Waals surface area contributed by atoms with E-state index in [9.17, 15) is 4.79 Å². The Morgan fingerprint density at radius 2 is 2.04 bits per heavy atom. The SMILES string of the molecule is Cc1ccc(OCC(=O)N(CC2CCCS2)C2CNNC2)cc1. The highest BCUT2D eigenvalue weighted by Crippen LogP contribution is 2.27. The van der Waals surface area contributed by atoms with Crippen LogP contribution in [0, 0.1) is 6.92 Å². The molecule has 1 aromatic rings. The largest absolute Gasteiger partial charge is 0.484 e. The first kappa shape index (κ1) is 16.6. The fourth-order valence-corrected chi connectivity index (χ4v) is 4.26. The average molecular weight is 335 g/mol. The topological polar surface area (TPSA) is 53.6 Å². The number of nitrogens with zero attached hydrogens (tertiary/aromatic N) is 1. The van der Waals surface area contributed by atoms with Gasteiger partial charge in [0, 0.05) is 24.9 Å². The Hall–Kier alpha value is -1.24. The van der Waals surface area contributed by atoms with Crippen LogP contribution < -0.4 is 15.6 Å². The minimum Gasteiger partial charge on any atom is -0.484 e. The average Bonchev–Trinajstić information content (AvgIpc) is 3.25. The van der Waals surface area contributed by atoms with Crippen molar-refractivity contribution >= 4 is 17.7 Å². The molecule has 6 heteroatoms. The lowest BCUT2D eigenvalue weighted by Crippen LogP contribution is -2.48. The molecule has 2 N–H and O–H groups in total. The Kier molecular flexibility index (Phi) is 5.80. The summed E-state index contributed by atoms with van der Waals surface area (Å²) in [7, 11) is 0. The maximum Gasteiger partial charge on any atom is 0.260 e.